The zero-order valence-corrected chi connectivity index (χ0v) is 12.9. The van der Waals surface area contributed by atoms with Gasteiger partial charge in [0.05, 0.1) is 0 Å². The molecule has 2 aromatic rings. The molecule has 0 fully saturated rings. The molecule has 1 heterocycles. The molecule has 0 aliphatic rings. The molecule has 0 aliphatic heterocycles. The zero-order chi connectivity index (χ0) is 15.9. The lowest BCUT2D eigenvalue weighted by atomic mass is 10.2. The minimum absolute atomic E-state index is 0.215. The number of hydrogen-bond donors (Lipinski definition) is 2. The van der Waals surface area contributed by atoms with Crippen LogP contribution < -0.4 is 10.6 Å². The molecular weight excluding hydrogens is 302 g/mol. The Labute approximate surface area is 133 Å². The quantitative estimate of drug-likeness (QED) is 0.890. The van der Waals surface area contributed by atoms with Crippen molar-refractivity contribution in [2.24, 2.45) is 0 Å². The second-order valence-corrected chi connectivity index (χ2v) is 5.09. The van der Waals surface area contributed by atoms with Crippen molar-refractivity contribution in [3.05, 3.63) is 58.9 Å². The van der Waals surface area contributed by atoms with Crippen molar-refractivity contribution in [1.82, 2.24) is 10.3 Å². The van der Waals surface area contributed by atoms with E-state index in [-0.39, 0.29) is 17.5 Å². The van der Waals surface area contributed by atoms with Gasteiger partial charge in [-0.05, 0) is 36.8 Å². The van der Waals surface area contributed by atoms with Crippen molar-refractivity contribution in [2.75, 3.05) is 11.9 Å². The first-order valence-electron chi connectivity index (χ1n) is 6.91. The second kappa shape index (κ2) is 7.56. The number of aromatic nitrogens is 1. The molecule has 6 heteroatoms. The van der Waals surface area contributed by atoms with E-state index < -0.39 is 0 Å². The number of anilines is 1. The number of hydrogen-bond acceptors (Lipinski definition) is 3. The minimum atomic E-state index is -0.325. The predicted molar refractivity (Wildman–Crippen MR) is 86.3 cm³/mol. The molecule has 1 aromatic heterocycles. The molecule has 2 amide bonds. The van der Waals surface area contributed by atoms with Gasteiger partial charge in [0, 0.05) is 29.0 Å². The Hall–Kier alpha value is -2.40. The van der Waals surface area contributed by atoms with E-state index >= 15 is 0 Å². The monoisotopic (exact) mass is 317 g/mol. The third-order valence-electron chi connectivity index (χ3n) is 2.87. The topological polar surface area (TPSA) is 71.1 Å². The lowest BCUT2D eigenvalue weighted by Gasteiger charge is -2.07. The van der Waals surface area contributed by atoms with Crippen LogP contribution in [0.3, 0.4) is 0 Å². The molecule has 0 spiro atoms. The third-order valence-corrected chi connectivity index (χ3v) is 3.11. The zero-order valence-electron chi connectivity index (χ0n) is 12.1. The molecule has 0 atom stereocenters. The molecule has 0 saturated carbocycles. The van der Waals surface area contributed by atoms with E-state index in [1.165, 1.54) is 12.3 Å². The van der Waals surface area contributed by atoms with Crippen molar-refractivity contribution in [1.29, 1.82) is 0 Å². The highest BCUT2D eigenvalue weighted by Crippen LogP contribution is 2.16. The Morgan fingerprint density at radius 1 is 1.18 bits per heavy atom. The second-order valence-electron chi connectivity index (χ2n) is 4.65. The van der Waals surface area contributed by atoms with Gasteiger partial charge >= 0.3 is 0 Å². The maximum atomic E-state index is 12.2. The molecular formula is C16H16ClN3O2. The standard InChI is InChI=1S/C16H16ClN3O2/c1-2-7-19-16(22)14-9-11(6-8-18-14)15(21)20-13-5-3-4-12(17)10-13/h3-6,8-10H,2,7H2,1H3,(H,19,22)(H,20,21). The Morgan fingerprint density at radius 2 is 2.00 bits per heavy atom. The van der Waals surface area contributed by atoms with Crippen LogP contribution in [0, 0.1) is 0 Å². The van der Waals surface area contributed by atoms with Crippen molar-refractivity contribution >= 4 is 29.1 Å². The number of carbonyl (C=O) groups excluding carboxylic acids is 2. The molecule has 2 rings (SSSR count). The number of benzene rings is 1. The Bertz CT molecular complexity index is 689. The highest BCUT2D eigenvalue weighted by molar-refractivity contribution is 6.31. The number of halogens is 1. The van der Waals surface area contributed by atoms with Gasteiger partial charge < -0.3 is 10.6 Å². The van der Waals surface area contributed by atoms with Gasteiger partial charge in [-0.25, -0.2) is 0 Å². The van der Waals surface area contributed by atoms with Gasteiger partial charge in [-0.1, -0.05) is 24.6 Å². The highest BCUT2D eigenvalue weighted by Gasteiger charge is 2.11. The number of rotatable bonds is 5. The van der Waals surface area contributed by atoms with Crippen LogP contribution >= 0.6 is 11.6 Å². The third kappa shape index (κ3) is 4.30. The minimum Gasteiger partial charge on any atom is -0.351 e. The fraction of sp³-hybridized carbons (Fsp3) is 0.188. The lowest BCUT2D eigenvalue weighted by Crippen LogP contribution is -2.25. The van der Waals surface area contributed by atoms with E-state index in [9.17, 15) is 9.59 Å². The first-order valence-corrected chi connectivity index (χ1v) is 7.29. The number of nitrogens with one attached hydrogen (secondary N) is 2. The summed E-state index contributed by atoms with van der Waals surface area (Å²) >= 11 is 5.88. The van der Waals surface area contributed by atoms with E-state index in [1.54, 1.807) is 30.3 Å². The van der Waals surface area contributed by atoms with Crippen LogP contribution in [0.15, 0.2) is 42.6 Å². The van der Waals surface area contributed by atoms with E-state index in [0.717, 1.165) is 6.42 Å². The Balaban J connectivity index is 2.11. The first kappa shape index (κ1) is 16.0. The van der Waals surface area contributed by atoms with Gasteiger partial charge in [-0.3, -0.25) is 14.6 Å². The van der Waals surface area contributed by atoms with Crippen LogP contribution in [0.1, 0.15) is 34.2 Å². The molecule has 22 heavy (non-hydrogen) atoms. The summed E-state index contributed by atoms with van der Waals surface area (Å²) in [6, 6.07) is 9.87. The SMILES string of the molecule is CCCNC(=O)c1cc(C(=O)Nc2cccc(Cl)c2)ccn1. The number of amides is 2. The Kier molecular flexibility index (Phi) is 5.49. The predicted octanol–water partition coefficient (Wildman–Crippen LogP) is 3.13. The van der Waals surface area contributed by atoms with Crippen molar-refractivity contribution < 1.29 is 9.59 Å². The average Bonchev–Trinajstić information content (AvgIpc) is 2.52. The van der Waals surface area contributed by atoms with E-state index in [4.69, 9.17) is 11.6 Å². The summed E-state index contributed by atoms with van der Waals surface area (Å²) in [5.74, 6) is -0.617. The molecule has 0 bridgehead atoms. The molecule has 0 unspecified atom stereocenters. The summed E-state index contributed by atoms with van der Waals surface area (Å²) in [5, 5.41) is 5.98. The summed E-state index contributed by atoms with van der Waals surface area (Å²) < 4.78 is 0. The lowest BCUT2D eigenvalue weighted by molar-refractivity contribution is 0.0948. The van der Waals surface area contributed by atoms with Gasteiger partial charge in [0.15, 0.2) is 0 Å². The van der Waals surface area contributed by atoms with E-state index in [1.807, 2.05) is 6.92 Å². The van der Waals surface area contributed by atoms with E-state index in [2.05, 4.69) is 15.6 Å². The Morgan fingerprint density at radius 3 is 2.73 bits per heavy atom. The summed E-state index contributed by atoms with van der Waals surface area (Å²) in [4.78, 5) is 28.0. The largest absolute Gasteiger partial charge is 0.351 e. The summed E-state index contributed by atoms with van der Waals surface area (Å²) in [6.07, 6.45) is 2.27. The van der Waals surface area contributed by atoms with Crippen molar-refractivity contribution in [2.45, 2.75) is 13.3 Å². The van der Waals surface area contributed by atoms with Crippen LogP contribution in [-0.2, 0) is 0 Å². The molecule has 5 nitrogen and oxygen atoms in total. The van der Waals surface area contributed by atoms with Crippen molar-refractivity contribution in [3.8, 4) is 0 Å². The fourth-order valence-electron chi connectivity index (χ4n) is 1.79. The van der Waals surface area contributed by atoms with Crippen LogP contribution in [0.4, 0.5) is 5.69 Å². The molecule has 0 aliphatic carbocycles. The van der Waals surface area contributed by atoms with Gasteiger partial charge in [0.25, 0.3) is 11.8 Å². The molecule has 0 radical (unpaired) electrons. The van der Waals surface area contributed by atoms with Gasteiger partial charge in [-0.2, -0.15) is 0 Å². The average molecular weight is 318 g/mol. The first-order chi connectivity index (χ1) is 10.6. The molecule has 0 saturated heterocycles. The van der Waals surface area contributed by atoms with E-state index in [0.29, 0.717) is 22.8 Å². The van der Waals surface area contributed by atoms with Gasteiger partial charge in [0.2, 0.25) is 0 Å². The molecule has 114 valence electrons. The number of nitrogens with zero attached hydrogens (tertiary/aromatic N) is 1. The summed E-state index contributed by atoms with van der Waals surface area (Å²) in [6.45, 7) is 2.53. The fourth-order valence-corrected chi connectivity index (χ4v) is 1.98. The van der Waals surface area contributed by atoms with Gasteiger partial charge in [-0.15, -0.1) is 0 Å². The van der Waals surface area contributed by atoms with Crippen LogP contribution in [0.2, 0.25) is 5.02 Å². The molecule has 2 N–H and O–H groups in total. The van der Waals surface area contributed by atoms with Gasteiger partial charge in [0.1, 0.15) is 5.69 Å². The number of pyridine rings is 1. The summed E-state index contributed by atoms with van der Waals surface area (Å²) in [5.41, 5.74) is 1.16. The highest BCUT2D eigenvalue weighted by atomic mass is 35.5. The normalized spacial score (nSPS) is 10.1. The maximum absolute atomic E-state index is 12.2. The van der Waals surface area contributed by atoms with Crippen LogP contribution in [0.25, 0.3) is 0 Å². The van der Waals surface area contributed by atoms with Crippen molar-refractivity contribution in [3.63, 3.8) is 0 Å². The van der Waals surface area contributed by atoms with Crippen LogP contribution in [0.5, 0.6) is 0 Å². The molecule has 1 aromatic carbocycles. The van der Waals surface area contributed by atoms with Crippen LogP contribution in [-0.4, -0.2) is 23.3 Å². The maximum Gasteiger partial charge on any atom is 0.269 e. The smallest absolute Gasteiger partial charge is 0.269 e. The number of carbonyl (C=O) groups is 2. The summed E-state index contributed by atoms with van der Waals surface area (Å²) in [7, 11) is 0.